The van der Waals surface area contributed by atoms with Gasteiger partial charge in [-0.3, -0.25) is 9.38 Å². The largest absolute Gasteiger partial charge is 0.394 e. The number of hydrogen-bond acceptors (Lipinski definition) is 6. The smallest absolute Gasteiger partial charge is 0.180 e. The zero-order chi connectivity index (χ0) is 19.0. The second-order valence-electron chi connectivity index (χ2n) is 6.30. The molecule has 0 saturated heterocycles. The molecule has 4 rings (SSSR count). The molecule has 0 fully saturated rings. The molecular weight excluding hydrogens is 345 g/mol. The zero-order valence-electron chi connectivity index (χ0n) is 14.9. The van der Waals surface area contributed by atoms with Crippen LogP contribution >= 0.6 is 0 Å². The number of anilines is 2. The van der Waals surface area contributed by atoms with Gasteiger partial charge in [-0.2, -0.15) is 0 Å². The summed E-state index contributed by atoms with van der Waals surface area (Å²) < 4.78 is 15.5. The van der Waals surface area contributed by atoms with E-state index in [2.05, 4.69) is 25.3 Å². The van der Waals surface area contributed by atoms with Gasteiger partial charge >= 0.3 is 0 Å². The third-order valence-electron chi connectivity index (χ3n) is 4.29. The number of halogens is 1. The van der Waals surface area contributed by atoms with Gasteiger partial charge in [-0.1, -0.05) is 6.07 Å². The number of imidazole rings is 1. The van der Waals surface area contributed by atoms with E-state index in [1.807, 2.05) is 25.1 Å². The number of rotatable bonds is 4. The minimum absolute atomic E-state index is 0.0990. The Morgan fingerprint density at radius 1 is 1.19 bits per heavy atom. The normalized spacial score (nSPS) is 12.3. The minimum atomic E-state index is -0.350. The maximum atomic E-state index is 13.8. The lowest BCUT2D eigenvalue weighted by Crippen LogP contribution is -2.12. The fraction of sp³-hybridized carbons (Fsp3) is 0.158. The molecular formula is C19H18FN7. The van der Waals surface area contributed by atoms with Crippen LogP contribution in [0.15, 0.2) is 49.1 Å². The Morgan fingerprint density at radius 2 is 2.04 bits per heavy atom. The molecule has 7 nitrogen and oxygen atoms in total. The summed E-state index contributed by atoms with van der Waals surface area (Å²) >= 11 is 0. The Labute approximate surface area is 155 Å². The van der Waals surface area contributed by atoms with Crippen LogP contribution in [0.2, 0.25) is 0 Å². The number of nitrogens with two attached hydrogens (primary N) is 1. The van der Waals surface area contributed by atoms with Crippen LogP contribution < -0.4 is 11.1 Å². The third kappa shape index (κ3) is 3.17. The van der Waals surface area contributed by atoms with Gasteiger partial charge in [-0.15, -0.1) is 0 Å². The Morgan fingerprint density at radius 3 is 2.81 bits per heavy atom. The van der Waals surface area contributed by atoms with Crippen LogP contribution in [0.1, 0.15) is 24.2 Å². The molecule has 0 spiro atoms. The Bertz CT molecular complexity index is 1110. The summed E-state index contributed by atoms with van der Waals surface area (Å²) in [6, 6.07) is 7.05. The van der Waals surface area contributed by atoms with E-state index in [9.17, 15) is 4.39 Å². The first-order valence-electron chi connectivity index (χ1n) is 8.46. The van der Waals surface area contributed by atoms with E-state index in [0.29, 0.717) is 28.7 Å². The number of aromatic nitrogens is 5. The third-order valence-corrected chi connectivity index (χ3v) is 4.29. The van der Waals surface area contributed by atoms with Crippen molar-refractivity contribution in [3.05, 3.63) is 66.1 Å². The molecule has 136 valence electrons. The maximum absolute atomic E-state index is 13.8. The molecule has 0 radical (unpaired) electrons. The van der Waals surface area contributed by atoms with E-state index in [4.69, 9.17) is 5.73 Å². The molecule has 0 amide bonds. The fourth-order valence-electron chi connectivity index (χ4n) is 2.92. The van der Waals surface area contributed by atoms with Gasteiger partial charge < -0.3 is 11.1 Å². The number of nitrogen functional groups attached to an aromatic ring is 1. The quantitative estimate of drug-likeness (QED) is 0.577. The maximum Gasteiger partial charge on any atom is 0.180 e. The van der Waals surface area contributed by atoms with Crippen molar-refractivity contribution in [3.8, 4) is 11.5 Å². The van der Waals surface area contributed by atoms with Crippen molar-refractivity contribution in [3.63, 3.8) is 0 Å². The van der Waals surface area contributed by atoms with Crippen molar-refractivity contribution in [1.82, 2.24) is 24.3 Å². The van der Waals surface area contributed by atoms with E-state index in [-0.39, 0.29) is 11.9 Å². The molecule has 0 aliphatic heterocycles. The lowest BCUT2D eigenvalue weighted by molar-refractivity contribution is 0.618. The molecule has 4 heterocycles. The first-order valence-corrected chi connectivity index (χ1v) is 8.46. The molecule has 1 unspecified atom stereocenters. The molecule has 0 aliphatic carbocycles. The van der Waals surface area contributed by atoms with E-state index in [1.165, 1.54) is 18.5 Å². The Hall–Kier alpha value is -3.55. The van der Waals surface area contributed by atoms with Gasteiger partial charge in [0.2, 0.25) is 0 Å². The summed E-state index contributed by atoms with van der Waals surface area (Å²) in [5, 5.41) is 3.26. The molecule has 4 aromatic rings. The monoisotopic (exact) mass is 363 g/mol. The predicted octanol–water partition coefficient (Wildman–Crippen LogP) is 3.39. The summed E-state index contributed by atoms with van der Waals surface area (Å²) in [5.74, 6) is 0.537. The van der Waals surface area contributed by atoms with Crippen molar-refractivity contribution in [2.24, 2.45) is 0 Å². The van der Waals surface area contributed by atoms with Gasteiger partial charge in [-0.05, 0) is 37.6 Å². The van der Waals surface area contributed by atoms with Crippen LogP contribution in [0.25, 0.3) is 17.2 Å². The van der Waals surface area contributed by atoms with E-state index < -0.39 is 0 Å². The Balaban J connectivity index is 1.73. The van der Waals surface area contributed by atoms with Crippen molar-refractivity contribution in [2.45, 2.75) is 19.9 Å². The average molecular weight is 363 g/mol. The molecule has 0 saturated carbocycles. The van der Waals surface area contributed by atoms with E-state index >= 15 is 0 Å². The van der Waals surface area contributed by atoms with Crippen LogP contribution in [0, 0.1) is 12.7 Å². The van der Waals surface area contributed by atoms with E-state index in [1.54, 1.807) is 23.7 Å². The van der Waals surface area contributed by atoms with Crippen molar-refractivity contribution >= 4 is 17.2 Å². The predicted molar refractivity (Wildman–Crippen MR) is 102 cm³/mol. The number of fused-ring (bicyclic) bond motifs is 1. The minimum Gasteiger partial charge on any atom is -0.394 e. The standard InChI is InChI=1S/C19H18FN7/c1-11-7-13(20)10-27-16(9-24-19(11)27)18-23-8-14(21)17(26-18)25-12(2)15-5-3-4-6-22-15/h3-10,12H,21H2,1-2H3,(H,23,25,26). The summed E-state index contributed by atoms with van der Waals surface area (Å²) in [6.07, 6.45) is 6.26. The average Bonchev–Trinajstić information content (AvgIpc) is 3.08. The molecule has 0 aliphatic rings. The SMILES string of the molecule is Cc1cc(F)cn2c(-c3ncc(N)c(NC(C)c4ccccn4)n3)cnc12. The molecule has 0 aromatic carbocycles. The molecule has 3 N–H and O–H groups in total. The van der Waals surface area contributed by atoms with E-state index in [0.717, 1.165) is 11.3 Å². The topological polar surface area (TPSA) is 94.0 Å². The fourth-order valence-corrected chi connectivity index (χ4v) is 2.92. The van der Waals surface area contributed by atoms with Crippen molar-refractivity contribution in [1.29, 1.82) is 0 Å². The van der Waals surface area contributed by atoms with Crippen molar-refractivity contribution in [2.75, 3.05) is 11.1 Å². The van der Waals surface area contributed by atoms with Gasteiger partial charge in [0.25, 0.3) is 0 Å². The summed E-state index contributed by atoms with van der Waals surface area (Å²) in [4.78, 5) is 17.5. The highest BCUT2D eigenvalue weighted by Crippen LogP contribution is 2.25. The number of nitrogens with zero attached hydrogens (tertiary/aromatic N) is 5. The van der Waals surface area contributed by atoms with Gasteiger partial charge in [0.1, 0.15) is 17.2 Å². The van der Waals surface area contributed by atoms with Crippen LogP contribution in [-0.2, 0) is 0 Å². The Kier molecular flexibility index (Phi) is 4.15. The van der Waals surface area contributed by atoms with Crippen molar-refractivity contribution < 1.29 is 4.39 Å². The first-order chi connectivity index (χ1) is 13.0. The molecule has 27 heavy (non-hydrogen) atoms. The number of nitrogens with one attached hydrogen (secondary N) is 1. The van der Waals surface area contributed by atoms with Gasteiger partial charge in [0, 0.05) is 12.4 Å². The highest BCUT2D eigenvalue weighted by Gasteiger charge is 2.15. The number of hydrogen-bond donors (Lipinski definition) is 2. The van der Waals surface area contributed by atoms with Gasteiger partial charge in [0.15, 0.2) is 11.6 Å². The van der Waals surface area contributed by atoms with Crippen LogP contribution in [0.4, 0.5) is 15.9 Å². The highest BCUT2D eigenvalue weighted by atomic mass is 19.1. The van der Waals surface area contributed by atoms with Gasteiger partial charge in [-0.25, -0.2) is 19.3 Å². The molecule has 0 bridgehead atoms. The highest BCUT2D eigenvalue weighted by molar-refractivity contribution is 5.66. The number of pyridine rings is 2. The van der Waals surface area contributed by atoms with Crippen LogP contribution in [-0.4, -0.2) is 24.3 Å². The number of aryl methyl sites for hydroxylation is 1. The van der Waals surface area contributed by atoms with Gasteiger partial charge in [0.05, 0.1) is 29.8 Å². The zero-order valence-corrected chi connectivity index (χ0v) is 14.9. The summed E-state index contributed by atoms with van der Waals surface area (Å²) in [7, 11) is 0. The molecule has 4 aromatic heterocycles. The second-order valence-corrected chi connectivity index (χ2v) is 6.30. The molecule has 1 atom stereocenters. The second kappa shape index (κ2) is 6.64. The lowest BCUT2D eigenvalue weighted by Gasteiger charge is -2.15. The van der Waals surface area contributed by atoms with Crippen LogP contribution in [0.5, 0.6) is 0 Å². The summed E-state index contributed by atoms with van der Waals surface area (Å²) in [5.41, 5.74) is 9.29. The first kappa shape index (κ1) is 16.9. The molecule has 8 heteroatoms. The lowest BCUT2D eigenvalue weighted by atomic mass is 10.2. The summed E-state index contributed by atoms with van der Waals surface area (Å²) in [6.45, 7) is 3.77. The van der Waals surface area contributed by atoms with Crippen LogP contribution in [0.3, 0.4) is 0 Å².